The zero-order valence-electron chi connectivity index (χ0n) is 14.6. The van der Waals surface area contributed by atoms with Gasteiger partial charge in [0.25, 0.3) is 5.91 Å². The van der Waals surface area contributed by atoms with Crippen molar-refractivity contribution in [3.05, 3.63) is 23.8 Å². The Bertz CT molecular complexity index is 711. The third kappa shape index (κ3) is 6.02. The monoisotopic (exact) mass is 372 g/mol. The zero-order valence-corrected chi connectivity index (χ0v) is 15.5. The number of nitrogens with two attached hydrogens (primary N) is 1. The Labute approximate surface area is 147 Å². The number of methoxy groups -OCH3 is 1. The van der Waals surface area contributed by atoms with E-state index < -0.39 is 22.6 Å². The average molecular weight is 372 g/mol. The first-order valence-corrected chi connectivity index (χ1v) is 9.44. The summed E-state index contributed by atoms with van der Waals surface area (Å²) < 4.78 is 32.9. The SMILES string of the molecule is CCCN(CCC)C(=O)COC(=O)c1cc(S(N)(=O)=O)ccc1OC. The number of carbonyl (C=O) groups is 2. The molecule has 8 nitrogen and oxygen atoms in total. The van der Waals surface area contributed by atoms with Crippen molar-refractivity contribution in [2.24, 2.45) is 5.14 Å². The van der Waals surface area contributed by atoms with Gasteiger partial charge < -0.3 is 14.4 Å². The Morgan fingerprint density at radius 1 is 1.16 bits per heavy atom. The number of hydrogen-bond donors (Lipinski definition) is 1. The van der Waals surface area contributed by atoms with Gasteiger partial charge in [-0.15, -0.1) is 0 Å². The third-order valence-electron chi connectivity index (χ3n) is 3.39. The molecule has 140 valence electrons. The number of primary sulfonamides is 1. The molecular formula is C16H24N2O6S. The Hall–Kier alpha value is -2.13. The molecule has 25 heavy (non-hydrogen) atoms. The highest BCUT2D eigenvalue weighted by molar-refractivity contribution is 7.89. The van der Waals surface area contributed by atoms with E-state index in [1.54, 1.807) is 4.90 Å². The fourth-order valence-corrected chi connectivity index (χ4v) is 2.76. The molecule has 9 heteroatoms. The van der Waals surface area contributed by atoms with E-state index >= 15 is 0 Å². The standard InChI is InChI=1S/C16H24N2O6S/c1-4-8-18(9-5-2)15(19)11-24-16(20)13-10-12(25(17,21)22)6-7-14(13)23-3/h6-7,10H,4-5,8-9,11H2,1-3H3,(H2,17,21,22). The van der Waals surface area contributed by atoms with Gasteiger partial charge in [0.15, 0.2) is 6.61 Å². The second kappa shape index (κ2) is 9.38. The van der Waals surface area contributed by atoms with E-state index in [1.807, 2.05) is 13.8 Å². The molecular weight excluding hydrogens is 348 g/mol. The normalized spacial score (nSPS) is 11.0. The van der Waals surface area contributed by atoms with Gasteiger partial charge >= 0.3 is 5.97 Å². The number of benzene rings is 1. The predicted octanol–water partition coefficient (Wildman–Crippen LogP) is 1.15. The van der Waals surface area contributed by atoms with Crippen LogP contribution in [0.25, 0.3) is 0 Å². The highest BCUT2D eigenvalue weighted by Crippen LogP contribution is 2.22. The topological polar surface area (TPSA) is 116 Å². The van der Waals surface area contributed by atoms with Crippen molar-refractivity contribution >= 4 is 21.9 Å². The summed E-state index contributed by atoms with van der Waals surface area (Å²) in [5.41, 5.74) is -0.112. The van der Waals surface area contributed by atoms with Gasteiger partial charge in [0.2, 0.25) is 10.0 Å². The number of ether oxygens (including phenoxy) is 2. The Balaban J connectivity index is 2.91. The molecule has 0 saturated carbocycles. The second-order valence-electron chi connectivity index (χ2n) is 5.36. The number of amides is 1. The Morgan fingerprint density at radius 3 is 2.24 bits per heavy atom. The number of nitrogens with zero attached hydrogens (tertiary/aromatic N) is 1. The molecule has 1 aromatic rings. The third-order valence-corrected chi connectivity index (χ3v) is 4.30. The van der Waals surface area contributed by atoms with Crippen LogP contribution in [0, 0.1) is 0 Å². The lowest BCUT2D eigenvalue weighted by atomic mass is 10.2. The van der Waals surface area contributed by atoms with Crippen molar-refractivity contribution < 1.29 is 27.5 Å². The average Bonchev–Trinajstić information content (AvgIpc) is 2.57. The molecule has 0 unspecified atom stereocenters. The van der Waals surface area contributed by atoms with Crippen LogP contribution in [-0.4, -0.2) is 52.0 Å². The van der Waals surface area contributed by atoms with Gasteiger partial charge in [-0.1, -0.05) is 13.8 Å². The van der Waals surface area contributed by atoms with Crippen LogP contribution in [-0.2, 0) is 19.6 Å². The molecule has 0 spiro atoms. The van der Waals surface area contributed by atoms with Crippen LogP contribution in [0.4, 0.5) is 0 Å². The summed E-state index contributed by atoms with van der Waals surface area (Å²) in [6, 6.07) is 3.59. The zero-order chi connectivity index (χ0) is 19.0. The molecule has 0 fully saturated rings. The van der Waals surface area contributed by atoms with Gasteiger partial charge in [0.05, 0.1) is 12.0 Å². The minimum atomic E-state index is -3.98. The summed E-state index contributed by atoms with van der Waals surface area (Å²) in [6.45, 7) is 4.63. The first-order chi connectivity index (χ1) is 11.7. The molecule has 0 aliphatic heterocycles. The number of carbonyl (C=O) groups excluding carboxylic acids is 2. The van der Waals surface area contributed by atoms with E-state index in [2.05, 4.69) is 0 Å². The quantitative estimate of drug-likeness (QED) is 0.650. The Morgan fingerprint density at radius 2 is 1.76 bits per heavy atom. The van der Waals surface area contributed by atoms with Crippen molar-refractivity contribution in [1.82, 2.24) is 4.90 Å². The highest BCUT2D eigenvalue weighted by Gasteiger charge is 2.20. The van der Waals surface area contributed by atoms with Crippen molar-refractivity contribution in [1.29, 1.82) is 0 Å². The molecule has 0 heterocycles. The minimum absolute atomic E-state index is 0.112. The van der Waals surface area contributed by atoms with E-state index in [0.29, 0.717) is 13.1 Å². The molecule has 1 aromatic carbocycles. The Kier molecular flexibility index (Phi) is 7.85. The van der Waals surface area contributed by atoms with Gasteiger partial charge in [0.1, 0.15) is 11.3 Å². The molecule has 2 N–H and O–H groups in total. The van der Waals surface area contributed by atoms with Crippen LogP contribution >= 0.6 is 0 Å². The molecule has 1 rings (SSSR count). The molecule has 0 saturated heterocycles. The highest BCUT2D eigenvalue weighted by atomic mass is 32.2. The van der Waals surface area contributed by atoms with E-state index in [-0.39, 0.29) is 22.1 Å². The smallest absolute Gasteiger partial charge is 0.342 e. The van der Waals surface area contributed by atoms with E-state index in [0.717, 1.165) is 18.9 Å². The van der Waals surface area contributed by atoms with E-state index in [9.17, 15) is 18.0 Å². The number of esters is 1. The molecule has 0 bridgehead atoms. The van der Waals surface area contributed by atoms with Gasteiger partial charge in [-0.05, 0) is 31.0 Å². The van der Waals surface area contributed by atoms with Gasteiger partial charge in [0, 0.05) is 13.1 Å². The molecule has 1 amide bonds. The molecule has 0 aliphatic carbocycles. The number of sulfonamides is 1. The summed E-state index contributed by atoms with van der Waals surface area (Å²) in [5, 5.41) is 5.06. The van der Waals surface area contributed by atoms with Crippen LogP contribution < -0.4 is 9.88 Å². The first kappa shape index (κ1) is 20.9. The first-order valence-electron chi connectivity index (χ1n) is 7.90. The van der Waals surface area contributed by atoms with Gasteiger partial charge in [-0.3, -0.25) is 4.79 Å². The van der Waals surface area contributed by atoms with Crippen molar-refractivity contribution in [2.45, 2.75) is 31.6 Å². The van der Waals surface area contributed by atoms with E-state index in [1.165, 1.54) is 19.2 Å². The summed E-state index contributed by atoms with van der Waals surface area (Å²) in [4.78, 5) is 25.7. The van der Waals surface area contributed by atoms with Crippen molar-refractivity contribution in [2.75, 3.05) is 26.8 Å². The maximum absolute atomic E-state index is 12.2. The number of rotatable bonds is 9. The van der Waals surface area contributed by atoms with E-state index in [4.69, 9.17) is 14.6 Å². The van der Waals surface area contributed by atoms with Gasteiger partial charge in [-0.2, -0.15) is 0 Å². The van der Waals surface area contributed by atoms with Crippen LogP contribution in [0.2, 0.25) is 0 Å². The fraction of sp³-hybridized carbons (Fsp3) is 0.500. The fourth-order valence-electron chi connectivity index (χ4n) is 2.22. The molecule has 0 aliphatic rings. The lowest BCUT2D eigenvalue weighted by molar-refractivity contribution is -0.134. The maximum Gasteiger partial charge on any atom is 0.342 e. The van der Waals surface area contributed by atoms with Crippen LogP contribution in [0.3, 0.4) is 0 Å². The molecule has 0 radical (unpaired) electrons. The second-order valence-corrected chi connectivity index (χ2v) is 6.93. The maximum atomic E-state index is 12.2. The molecule has 0 aromatic heterocycles. The minimum Gasteiger partial charge on any atom is -0.496 e. The number of hydrogen-bond acceptors (Lipinski definition) is 6. The lowest BCUT2D eigenvalue weighted by Gasteiger charge is -2.21. The van der Waals surface area contributed by atoms with Crippen LogP contribution in [0.15, 0.2) is 23.1 Å². The van der Waals surface area contributed by atoms with Crippen LogP contribution in [0.5, 0.6) is 5.75 Å². The lowest BCUT2D eigenvalue weighted by Crippen LogP contribution is -2.36. The van der Waals surface area contributed by atoms with Crippen LogP contribution in [0.1, 0.15) is 37.0 Å². The summed E-state index contributed by atoms with van der Waals surface area (Å²) in [7, 11) is -2.65. The molecule has 0 atom stereocenters. The summed E-state index contributed by atoms with van der Waals surface area (Å²) in [6.07, 6.45) is 1.59. The van der Waals surface area contributed by atoms with Gasteiger partial charge in [-0.25, -0.2) is 18.4 Å². The summed E-state index contributed by atoms with van der Waals surface area (Å²) in [5.74, 6) is -1.04. The predicted molar refractivity (Wildman–Crippen MR) is 91.8 cm³/mol. The van der Waals surface area contributed by atoms with Crippen molar-refractivity contribution in [3.8, 4) is 5.75 Å². The summed E-state index contributed by atoms with van der Waals surface area (Å²) >= 11 is 0. The van der Waals surface area contributed by atoms with Crippen molar-refractivity contribution in [3.63, 3.8) is 0 Å². The largest absolute Gasteiger partial charge is 0.496 e.